The molecule has 0 aliphatic heterocycles. The fraction of sp³-hybridized carbons (Fsp3) is 0.250. The number of carbonyl (C=O) groups excluding carboxylic acids is 1. The molecule has 0 amide bonds. The minimum Gasteiger partial charge on any atom is -0.469 e. The van der Waals surface area contributed by atoms with Crippen LogP contribution in [0.2, 0.25) is 0 Å². The lowest BCUT2D eigenvalue weighted by Gasteiger charge is -2.00. The van der Waals surface area contributed by atoms with E-state index in [1.807, 2.05) is 41.9 Å². The van der Waals surface area contributed by atoms with Gasteiger partial charge >= 0.3 is 5.97 Å². The number of carbonyl (C=O) groups is 1. The average molecular weight is 203 g/mol. The lowest BCUT2D eigenvalue weighted by Crippen LogP contribution is -2.04. The third-order valence-electron chi connectivity index (χ3n) is 2.56. The number of ether oxygens (including phenoxy) is 1. The number of nitrogens with zero attached hydrogens (tertiary/aromatic N) is 1. The van der Waals surface area contributed by atoms with Gasteiger partial charge in [-0.1, -0.05) is 6.07 Å². The lowest BCUT2D eigenvalue weighted by molar-refractivity contribution is -0.139. The Hall–Kier alpha value is -1.77. The lowest BCUT2D eigenvalue weighted by atomic mass is 10.1. The first-order chi connectivity index (χ1) is 7.22. The molecule has 3 heteroatoms. The van der Waals surface area contributed by atoms with Gasteiger partial charge in [-0.15, -0.1) is 0 Å². The van der Waals surface area contributed by atoms with E-state index >= 15 is 0 Å². The van der Waals surface area contributed by atoms with E-state index in [4.69, 9.17) is 0 Å². The molecule has 2 rings (SSSR count). The average Bonchev–Trinajstić information content (AvgIpc) is 2.55. The summed E-state index contributed by atoms with van der Waals surface area (Å²) in [5.74, 6) is -0.199. The highest BCUT2D eigenvalue weighted by Gasteiger charge is 2.11. The molecule has 0 radical (unpaired) electrons. The summed E-state index contributed by atoms with van der Waals surface area (Å²) in [4.78, 5) is 11.2. The summed E-state index contributed by atoms with van der Waals surface area (Å²) >= 11 is 0. The molecule has 0 fully saturated rings. The molecular formula is C12H13NO2. The zero-order chi connectivity index (χ0) is 10.8. The van der Waals surface area contributed by atoms with E-state index in [0.717, 1.165) is 16.6 Å². The third kappa shape index (κ3) is 1.73. The summed E-state index contributed by atoms with van der Waals surface area (Å²) in [5.41, 5.74) is 3.23. The second kappa shape index (κ2) is 3.77. The highest BCUT2D eigenvalue weighted by molar-refractivity contribution is 5.77. The minimum absolute atomic E-state index is 0.199. The van der Waals surface area contributed by atoms with Crippen LogP contribution >= 0.6 is 0 Å². The fourth-order valence-electron chi connectivity index (χ4n) is 1.76. The summed E-state index contributed by atoms with van der Waals surface area (Å²) < 4.78 is 6.70. The van der Waals surface area contributed by atoms with E-state index in [0.29, 0.717) is 6.42 Å². The summed E-state index contributed by atoms with van der Waals surface area (Å²) in [6.45, 7) is 2.01. The summed E-state index contributed by atoms with van der Waals surface area (Å²) in [7, 11) is 1.41. The first-order valence-corrected chi connectivity index (χ1v) is 4.84. The van der Waals surface area contributed by atoms with Gasteiger partial charge < -0.3 is 9.14 Å². The maximum Gasteiger partial charge on any atom is 0.310 e. The summed E-state index contributed by atoms with van der Waals surface area (Å²) in [5, 5.41) is 0. The molecule has 0 spiro atoms. The standard InChI is InChI=1S/C12H13NO2/c1-9-8-13-6-4-3-5-11(13)10(9)7-12(14)15-2/h3-6,8H,7H2,1-2H3. The Morgan fingerprint density at radius 1 is 1.47 bits per heavy atom. The van der Waals surface area contributed by atoms with Crippen molar-refractivity contribution in [1.29, 1.82) is 0 Å². The molecule has 0 aromatic carbocycles. The molecule has 0 bridgehead atoms. The third-order valence-corrected chi connectivity index (χ3v) is 2.56. The second-order valence-electron chi connectivity index (χ2n) is 3.54. The van der Waals surface area contributed by atoms with Crippen molar-refractivity contribution >= 4 is 11.5 Å². The molecule has 2 aromatic heterocycles. The van der Waals surface area contributed by atoms with Gasteiger partial charge in [0.25, 0.3) is 0 Å². The van der Waals surface area contributed by atoms with Crippen molar-refractivity contribution in [2.24, 2.45) is 0 Å². The van der Waals surface area contributed by atoms with Crippen molar-refractivity contribution in [3.63, 3.8) is 0 Å². The van der Waals surface area contributed by atoms with E-state index < -0.39 is 0 Å². The van der Waals surface area contributed by atoms with Crippen LogP contribution < -0.4 is 0 Å². The molecule has 0 saturated carbocycles. The van der Waals surface area contributed by atoms with Gasteiger partial charge in [0.15, 0.2) is 0 Å². The Bertz CT molecular complexity index is 499. The van der Waals surface area contributed by atoms with Gasteiger partial charge in [-0.2, -0.15) is 0 Å². The number of fused-ring (bicyclic) bond motifs is 1. The predicted octanol–water partition coefficient (Wildman–Crippen LogP) is 1.96. The normalized spacial score (nSPS) is 10.5. The van der Waals surface area contributed by atoms with Gasteiger partial charge in [0.1, 0.15) is 0 Å². The number of rotatable bonds is 2. The Morgan fingerprint density at radius 2 is 2.27 bits per heavy atom. The van der Waals surface area contributed by atoms with Gasteiger partial charge in [0.2, 0.25) is 0 Å². The second-order valence-corrected chi connectivity index (χ2v) is 3.54. The number of aryl methyl sites for hydroxylation is 1. The van der Waals surface area contributed by atoms with Crippen LogP contribution in [0.1, 0.15) is 11.1 Å². The molecule has 15 heavy (non-hydrogen) atoms. The summed E-state index contributed by atoms with van der Waals surface area (Å²) in [6.07, 6.45) is 4.33. The monoisotopic (exact) mass is 203 g/mol. The number of esters is 1. The van der Waals surface area contributed by atoms with E-state index in [1.54, 1.807) is 0 Å². The highest BCUT2D eigenvalue weighted by atomic mass is 16.5. The Labute approximate surface area is 88.3 Å². The number of aromatic nitrogens is 1. The number of hydrogen-bond acceptors (Lipinski definition) is 2. The molecule has 2 heterocycles. The molecule has 0 N–H and O–H groups in total. The van der Waals surface area contributed by atoms with Gasteiger partial charge in [0.05, 0.1) is 13.5 Å². The molecule has 0 aliphatic rings. The van der Waals surface area contributed by atoms with Crippen molar-refractivity contribution in [1.82, 2.24) is 4.40 Å². The molecule has 0 atom stereocenters. The minimum atomic E-state index is -0.199. The maximum atomic E-state index is 11.2. The molecular weight excluding hydrogens is 190 g/mol. The van der Waals surface area contributed by atoms with Crippen molar-refractivity contribution in [3.8, 4) is 0 Å². The quantitative estimate of drug-likeness (QED) is 0.698. The van der Waals surface area contributed by atoms with Crippen molar-refractivity contribution in [2.75, 3.05) is 7.11 Å². The smallest absolute Gasteiger partial charge is 0.310 e. The van der Waals surface area contributed by atoms with Crippen LogP contribution in [0.5, 0.6) is 0 Å². The van der Waals surface area contributed by atoms with Crippen LogP contribution in [0, 0.1) is 6.92 Å². The Balaban J connectivity index is 2.49. The molecule has 0 aliphatic carbocycles. The molecule has 0 unspecified atom stereocenters. The van der Waals surface area contributed by atoms with Crippen LogP contribution in [0.15, 0.2) is 30.6 Å². The number of pyridine rings is 1. The SMILES string of the molecule is COC(=O)Cc1c(C)cn2ccccc12. The zero-order valence-corrected chi connectivity index (χ0v) is 8.86. The number of hydrogen-bond donors (Lipinski definition) is 0. The predicted molar refractivity (Wildman–Crippen MR) is 57.9 cm³/mol. The molecule has 0 saturated heterocycles. The Morgan fingerprint density at radius 3 is 3.00 bits per heavy atom. The van der Waals surface area contributed by atoms with Crippen LogP contribution in [-0.4, -0.2) is 17.5 Å². The van der Waals surface area contributed by atoms with Crippen molar-refractivity contribution < 1.29 is 9.53 Å². The molecule has 78 valence electrons. The topological polar surface area (TPSA) is 30.7 Å². The Kier molecular flexibility index (Phi) is 2.46. The van der Waals surface area contributed by atoms with E-state index in [1.165, 1.54) is 7.11 Å². The van der Waals surface area contributed by atoms with Crippen LogP contribution in [0.3, 0.4) is 0 Å². The first-order valence-electron chi connectivity index (χ1n) is 4.84. The van der Waals surface area contributed by atoms with Crippen LogP contribution in [-0.2, 0) is 16.0 Å². The van der Waals surface area contributed by atoms with Gasteiger partial charge in [-0.3, -0.25) is 4.79 Å². The van der Waals surface area contributed by atoms with E-state index in [-0.39, 0.29) is 5.97 Å². The first kappa shape index (κ1) is 9.77. The summed E-state index contributed by atoms with van der Waals surface area (Å²) in [6, 6.07) is 5.94. The number of methoxy groups -OCH3 is 1. The van der Waals surface area contributed by atoms with Gasteiger partial charge in [-0.05, 0) is 30.2 Å². The fourth-order valence-corrected chi connectivity index (χ4v) is 1.76. The van der Waals surface area contributed by atoms with Crippen LogP contribution in [0.4, 0.5) is 0 Å². The highest BCUT2D eigenvalue weighted by Crippen LogP contribution is 2.18. The largest absolute Gasteiger partial charge is 0.469 e. The van der Waals surface area contributed by atoms with E-state index in [9.17, 15) is 4.79 Å². The van der Waals surface area contributed by atoms with Crippen molar-refractivity contribution in [3.05, 3.63) is 41.7 Å². The van der Waals surface area contributed by atoms with Gasteiger partial charge in [-0.25, -0.2) is 0 Å². The van der Waals surface area contributed by atoms with Crippen LogP contribution in [0.25, 0.3) is 5.52 Å². The van der Waals surface area contributed by atoms with Crippen molar-refractivity contribution in [2.45, 2.75) is 13.3 Å². The van der Waals surface area contributed by atoms with E-state index in [2.05, 4.69) is 4.74 Å². The van der Waals surface area contributed by atoms with Gasteiger partial charge in [0, 0.05) is 17.9 Å². The molecule has 2 aromatic rings. The molecule has 3 nitrogen and oxygen atoms in total. The maximum absolute atomic E-state index is 11.2. The zero-order valence-electron chi connectivity index (χ0n) is 8.86.